The molecule has 11 heteroatoms. The average Bonchev–Trinajstić information content (AvgIpc) is 3.22. The van der Waals surface area contributed by atoms with Crippen molar-refractivity contribution in [2.45, 2.75) is 30.4 Å². The van der Waals surface area contributed by atoms with Gasteiger partial charge < -0.3 is 9.47 Å². The molecule has 2 heterocycles. The molecule has 1 saturated carbocycles. The highest BCUT2D eigenvalue weighted by atomic mass is 32.2. The van der Waals surface area contributed by atoms with Crippen molar-refractivity contribution in [3.05, 3.63) is 47.2 Å². The van der Waals surface area contributed by atoms with E-state index in [2.05, 4.69) is 14.8 Å². The van der Waals surface area contributed by atoms with Crippen molar-refractivity contribution in [1.82, 2.24) is 19.5 Å². The molecule has 0 aliphatic heterocycles. The Hall–Kier alpha value is -2.76. The summed E-state index contributed by atoms with van der Waals surface area (Å²) in [5, 5.41) is 6.69. The summed E-state index contributed by atoms with van der Waals surface area (Å²) in [6.45, 7) is -0.0238. The van der Waals surface area contributed by atoms with Crippen molar-refractivity contribution >= 4 is 27.3 Å². The van der Waals surface area contributed by atoms with Crippen molar-refractivity contribution < 1.29 is 22.7 Å². The lowest BCUT2D eigenvalue weighted by atomic mass is 10.2. The first-order chi connectivity index (χ1) is 14.4. The molecule has 30 heavy (non-hydrogen) atoms. The number of carbonyl (C=O) groups excluding carboxylic acids is 1. The van der Waals surface area contributed by atoms with Gasteiger partial charge in [0.1, 0.15) is 22.3 Å². The summed E-state index contributed by atoms with van der Waals surface area (Å²) in [7, 11) is -0.586. The molecule has 4 rings (SSSR count). The quantitative estimate of drug-likeness (QED) is 0.526. The Balaban J connectivity index is 1.47. The molecule has 0 atom stereocenters. The van der Waals surface area contributed by atoms with Crippen molar-refractivity contribution in [2.75, 3.05) is 7.11 Å². The number of aromatic nitrogens is 3. The predicted molar refractivity (Wildman–Crippen MR) is 110 cm³/mol. The lowest BCUT2D eigenvalue weighted by Crippen LogP contribution is -2.26. The normalized spacial score (nSPS) is 13.9. The Labute approximate surface area is 177 Å². The smallest absolute Gasteiger partial charge is 0.338 e. The third-order valence-corrected chi connectivity index (χ3v) is 6.92. The van der Waals surface area contributed by atoms with Crippen LogP contribution >= 0.6 is 11.3 Å². The second-order valence-corrected chi connectivity index (χ2v) is 9.42. The van der Waals surface area contributed by atoms with Gasteiger partial charge in [-0.2, -0.15) is 5.10 Å². The van der Waals surface area contributed by atoms with Gasteiger partial charge in [-0.25, -0.2) is 22.9 Å². The van der Waals surface area contributed by atoms with Crippen LogP contribution in [-0.4, -0.2) is 42.3 Å². The van der Waals surface area contributed by atoms with E-state index in [-0.39, 0.29) is 28.9 Å². The zero-order valence-electron chi connectivity index (χ0n) is 16.4. The van der Waals surface area contributed by atoms with Crippen LogP contribution in [0.4, 0.5) is 0 Å². The molecule has 0 unspecified atom stereocenters. The minimum absolute atomic E-state index is 0.0238. The molecule has 1 fully saturated rings. The molecule has 0 amide bonds. The third-order valence-electron chi connectivity index (χ3n) is 4.44. The largest absolute Gasteiger partial charge is 0.495 e. The monoisotopic (exact) mass is 448 g/mol. The van der Waals surface area contributed by atoms with Crippen molar-refractivity contribution in [3.63, 3.8) is 0 Å². The number of hydrogen-bond acceptors (Lipinski definition) is 8. The number of esters is 1. The van der Waals surface area contributed by atoms with Gasteiger partial charge >= 0.3 is 5.97 Å². The van der Waals surface area contributed by atoms with Crippen molar-refractivity contribution in [2.24, 2.45) is 7.05 Å². The highest BCUT2D eigenvalue weighted by Crippen LogP contribution is 2.29. The Morgan fingerprint density at radius 2 is 2.17 bits per heavy atom. The predicted octanol–water partition coefficient (Wildman–Crippen LogP) is 2.35. The summed E-state index contributed by atoms with van der Waals surface area (Å²) >= 11 is 1.43. The van der Waals surface area contributed by atoms with Crippen molar-refractivity contribution in [1.29, 1.82) is 0 Å². The fraction of sp³-hybridized carbons (Fsp3) is 0.316. The Morgan fingerprint density at radius 3 is 2.83 bits per heavy atom. The standard InChI is InChI=1S/C19H20N4O5S2/c1-23-9-13(8-20-23)18-21-15(11-29-18)10-28-19(24)12-3-6-16(27-2)17(7-12)30(25,26)22-14-4-5-14/h3,6-9,11,14,22H,4-5,10H2,1-2H3. The van der Waals surface area contributed by atoms with Crippen LogP contribution < -0.4 is 9.46 Å². The topological polar surface area (TPSA) is 112 Å². The fourth-order valence-corrected chi connectivity index (χ4v) is 5.04. The van der Waals surface area contributed by atoms with Crippen LogP contribution in [0.1, 0.15) is 28.9 Å². The van der Waals surface area contributed by atoms with Gasteiger partial charge in [-0.15, -0.1) is 11.3 Å². The van der Waals surface area contributed by atoms with E-state index < -0.39 is 16.0 Å². The number of nitrogens with zero attached hydrogens (tertiary/aromatic N) is 3. The van der Waals surface area contributed by atoms with Gasteiger partial charge in [0.2, 0.25) is 10.0 Å². The minimum Gasteiger partial charge on any atom is -0.495 e. The number of ether oxygens (including phenoxy) is 2. The van der Waals surface area contributed by atoms with Crippen LogP contribution in [0, 0.1) is 0 Å². The number of thiazole rings is 1. The number of hydrogen-bond donors (Lipinski definition) is 1. The van der Waals surface area contributed by atoms with Crippen molar-refractivity contribution in [3.8, 4) is 16.3 Å². The molecule has 9 nitrogen and oxygen atoms in total. The lowest BCUT2D eigenvalue weighted by molar-refractivity contribution is 0.0468. The molecule has 0 bridgehead atoms. The summed E-state index contributed by atoms with van der Waals surface area (Å²) in [5.74, 6) is -0.475. The second-order valence-electron chi connectivity index (χ2n) is 6.88. The van der Waals surface area contributed by atoms with Gasteiger partial charge in [-0.1, -0.05) is 0 Å². The number of sulfonamides is 1. The molecular weight excluding hydrogens is 428 g/mol. The van der Waals surface area contributed by atoms with E-state index in [0.717, 1.165) is 23.4 Å². The maximum Gasteiger partial charge on any atom is 0.338 e. The number of nitrogens with one attached hydrogen (secondary N) is 1. The summed E-state index contributed by atoms with van der Waals surface area (Å²) < 4.78 is 40.0. The maximum atomic E-state index is 12.6. The molecule has 0 radical (unpaired) electrons. The number of rotatable bonds is 8. The minimum atomic E-state index is -3.79. The first-order valence-corrected chi connectivity index (χ1v) is 11.5. The lowest BCUT2D eigenvalue weighted by Gasteiger charge is -2.12. The van der Waals surface area contributed by atoms with E-state index in [9.17, 15) is 13.2 Å². The highest BCUT2D eigenvalue weighted by molar-refractivity contribution is 7.89. The zero-order valence-corrected chi connectivity index (χ0v) is 18.0. The Bertz CT molecular complexity index is 1180. The Morgan fingerprint density at radius 1 is 1.37 bits per heavy atom. The highest BCUT2D eigenvalue weighted by Gasteiger charge is 2.30. The molecule has 0 saturated heterocycles. The van der Waals surface area contributed by atoms with E-state index >= 15 is 0 Å². The molecule has 1 aliphatic carbocycles. The molecular formula is C19H20N4O5S2. The van der Waals surface area contributed by atoms with E-state index in [0.29, 0.717) is 5.69 Å². The molecule has 1 aliphatic rings. The molecule has 158 valence electrons. The molecule has 2 aromatic heterocycles. The van der Waals surface area contributed by atoms with Gasteiger partial charge in [0.05, 0.1) is 24.6 Å². The molecule has 0 spiro atoms. The van der Waals surface area contributed by atoms with Crippen LogP contribution in [0.25, 0.3) is 10.6 Å². The number of carbonyl (C=O) groups is 1. The molecule has 3 aromatic rings. The summed E-state index contributed by atoms with van der Waals surface area (Å²) in [6.07, 6.45) is 5.17. The number of methoxy groups -OCH3 is 1. The van der Waals surface area contributed by atoms with E-state index in [1.165, 1.54) is 36.6 Å². The first-order valence-electron chi connectivity index (χ1n) is 9.16. The second kappa shape index (κ2) is 8.17. The average molecular weight is 449 g/mol. The van der Waals surface area contributed by atoms with Crippen LogP contribution in [0.5, 0.6) is 5.75 Å². The van der Waals surface area contributed by atoms with Gasteiger partial charge in [-0.05, 0) is 31.0 Å². The van der Waals surface area contributed by atoms with E-state index in [4.69, 9.17) is 9.47 Å². The third kappa shape index (κ3) is 4.53. The van der Waals surface area contributed by atoms with Crippen LogP contribution in [0.2, 0.25) is 0 Å². The Kier molecular flexibility index (Phi) is 5.58. The van der Waals surface area contributed by atoms with E-state index in [1.807, 2.05) is 13.2 Å². The van der Waals surface area contributed by atoms with Gasteiger partial charge in [0.15, 0.2) is 0 Å². The fourth-order valence-electron chi connectivity index (χ4n) is 2.76. The van der Waals surface area contributed by atoms with Gasteiger partial charge in [0, 0.05) is 30.2 Å². The number of benzene rings is 1. The van der Waals surface area contributed by atoms with Crippen LogP contribution in [-0.2, 0) is 28.4 Å². The summed E-state index contributed by atoms with van der Waals surface area (Å²) in [4.78, 5) is 16.9. The van der Waals surface area contributed by atoms with E-state index in [1.54, 1.807) is 16.3 Å². The number of aryl methyl sites for hydroxylation is 1. The van der Waals surface area contributed by atoms with Gasteiger partial charge in [-0.3, -0.25) is 4.68 Å². The van der Waals surface area contributed by atoms with Crippen LogP contribution in [0.3, 0.4) is 0 Å². The van der Waals surface area contributed by atoms with Crippen LogP contribution in [0.15, 0.2) is 40.9 Å². The first kappa shape index (κ1) is 20.5. The SMILES string of the molecule is COc1ccc(C(=O)OCc2csc(-c3cnn(C)c3)n2)cc1S(=O)(=O)NC1CC1. The zero-order chi connectivity index (χ0) is 21.3. The summed E-state index contributed by atoms with van der Waals surface area (Å²) in [6, 6.07) is 4.13. The maximum absolute atomic E-state index is 12.6. The van der Waals surface area contributed by atoms with Gasteiger partial charge in [0.25, 0.3) is 0 Å². The molecule has 1 aromatic carbocycles. The molecule has 1 N–H and O–H groups in total. The summed E-state index contributed by atoms with van der Waals surface area (Å²) in [5.41, 5.74) is 1.60.